The topological polar surface area (TPSA) is 15.7 Å². The summed E-state index contributed by atoms with van der Waals surface area (Å²) < 4.78 is 5.27. The van der Waals surface area contributed by atoms with Crippen molar-refractivity contribution in [3.8, 4) is 0 Å². The van der Waals surface area contributed by atoms with E-state index in [0.29, 0.717) is 5.92 Å². The lowest BCUT2D eigenvalue weighted by atomic mass is 9.75. The van der Waals surface area contributed by atoms with Crippen molar-refractivity contribution in [3.63, 3.8) is 0 Å². The van der Waals surface area contributed by atoms with E-state index in [-0.39, 0.29) is 0 Å². The molecule has 4 saturated heterocycles. The second kappa shape index (κ2) is 6.31. The van der Waals surface area contributed by atoms with Crippen LogP contribution < -0.4 is 0 Å². The molecule has 0 aliphatic carbocycles. The van der Waals surface area contributed by atoms with Crippen molar-refractivity contribution < 1.29 is 4.74 Å². The van der Waals surface area contributed by atoms with E-state index in [1.54, 1.807) is 5.56 Å². The maximum atomic E-state index is 5.27. The summed E-state index contributed by atoms with van der Waals surface area (Å²) in [5.74, 6) is 1.61. The van der Waals surface area contributed by atoms with E-state index in [1.807, 2.05) is 7.11 Å². The van der Waals surface area contributed by atoms with Gasteiger partial charge in [-0.15, -0.1) is 0 Å². The Bertz CT molecular complexity index is 483. The molecular formula is C19H28N2O. The smallest absolute Gasteiger partial charge is 0.0474 e. The van der Waals surface area contributed by atoms with Crippen LogP contribution in [0, 0.1) is 5.92 Å². The van der Waals surface area contributed by atoms with Crippen molar-refractivity contribution in [1.82, 2.24) is 9.80 Å². The summed E-state index contributed by atoms with van der Waals surface area (Å²) in [7, 11) is 1.81. The third-order valence-corrected chi connectivity index (χ3v) is 6.12. The Morgan fingerprint density at radius 2 is 1.86 bits per heavy atom. The van der Waals surface area contributed by atoms with Crippen LogP contribution in [0.1, 0.15) is 30.7 Å². The summed E-state index contributed by atoms with van der Waals surface area (Å²) in [6.45, 7) is 5.96. The third-order valence-electron chi connectivity index (χ3n) is 6.12. The second-order valence-electron chi connectivity index (χ2n) is 7.21. The van der Waals surface area contributed by atoms with E-state index in [9.17, 15) is 0 Å². The zero-order valence-electron chi connectivity index (χ0n) is 13.7. The molecule has 0 N–H and O–H groups in total. The van der Waals surface area contributed by atoms with Crippen molar-refractivity contribution in [2.24, 2.45) is 5.92 Å². The molecule has 3 atom stereocenters. The molecule has 0 unspecified atom stereocenters. The predicted octanol–water partition coefficient (Wildman–Crippen LogP) is 2.59. The molecule has 4 fully saturated rings. The van der Waals surface area contributed by atoms with Gasteiger partial charge in [0.2, 0.25) is 0 Å². The van der Waals surface area contributed by atoms with Crippen LogP contribution in [0.3, 0.4) is 0 Å². The lowest BCUT2D eigenvalue weighted by Gasteiger charge is -2.51. The van der Waals surface area contributed by atoms with Gasteiger partial charge in [-0.3, -0.25) is 9.80 Å². The van der Waals surface area contributed by atoms with E-state index in [0.717, 1.165) is 31.0 Å². The number of rotatable bonds is 5. The number of fused-ring (bicyclic) bond motifs is 2. The molecule has 0 aromatic heterocycles. The maximum Gasteiger partial charge on any atom is 0.0474 e. The molecule has 1 aromatic carbocycles. The normalized spacial score (nSPS) is 37.4. The first kappa shape index (κ1) is 14.7. The number of likely N-dealkylation sites (tertiary alicyclic amines) is 1. The number of benzene rings is 1. The molecule has 0 radical (unpaired) electrons. The van der Waals surface area contributed by atoms with Gasteiger partial charge in [0.15, 0.2) is 0 Å². The molecule has 0 spiro atoms. The molecule has 3 nitrogen and oxygen atoms in total. The quantitative estimate of drug-likeness (QED) is 0.777. The van der Waals surface area contributed by atoms with Gasteiger partial charge >= 0.3 is 0 Å². The Balaban J connectivity index is 1.58. The zero-order chi connectivity index (χ0) is 14.9. The minimum atomic E-state index is 0.692. The fourth-order valence-corrected chi connectivity index (χ4v) is 5.20. The second-order valence-corrected chi connectivity index (χ2v) is 7.21. The minimum Gasteiger partial charge on any atom is -0.385 e. The highest BCUT2D eigenvalue weighted by atomic mass is 16.5. The number of ether oxygens (including phenoxy) is 1. The van der Waals surface area contributed by atoms with Crippen LogP contribution in [0.2, 0.25) is 0 Å². The summed E-state index contributed by atoms with van der Waals surface area (Å²) >= 11 is 0. The Kier molecular flexibility index (Phi) is 4.21. The van der Waals surface area contributed by atoms with E-state index < -0.39 is 0 Å². The van der Waals surface area contributed by atoms with Gasteiger partial charge < -0.3 is 4.74 Å². The fraction of sp³-hybridized carbons (Fsp3) is 0.684. The fourth-order valence-electron chi connectivity index (χ4n) is 5.20. The van der Waals surface area contributed by atoms with Crippen molar-refractivity contribution >= 4 is 0 Å². The first-order chi connectivity index (χ1) is 10.9. The lowest BCUT2D eigenvalue weighted by molar-refractivity contribution is -0.00803. The molecule has 4 aliphatic rings. The van der Waals surface area contributed by atoms with Crippen LogP contribution in [-0.4, -0.2) is 61.8 Å². The molecule has 0 amide bonds. The molecular weight excluding hydrogens is 272 g/mol. The Hall–Kier alpha value is -0.900. The van der Waals surface area contributed by atoms with Crippen LogP contribution in [0.4, 0.5) is 0 Å². The van der Waals surface area contributed by atoms with Gasteiger partial charge in [0.25, 0.3) is 0 Å². The number of nitrogens with zero attached hydrogens (tertiary/aromatic N) is 2. The van der Waals surface area contributed by atoms with Crippen LogP contribution in [-0.2, 0) is 4.74 Å². The van der Waals surface area contributed by atoms with Gasteiger partial charge in [-0.2, -0.15) is 0 Å². The van der Waals surface area contributed by atoms with Gasteiger partial charge in [-0.1, -0.05) is 30.3 Å². The zero-order valence-corrected chi connectivity index (χ0v) is 13.7. The lowest BCUT2D eigenvalue weighted by Crippen LogP contribution is -2.60. The highest BCUT2D eigenvalue weighted by Crippen LogP contribution is 2.46. The summed E-state index contributed by atoms with van der Waals surface area (Å²) in [5.41, 5.74) is 1.54. The van der Waals surface area contributed by atoms with Crippen LogP contribution >= 0.6 is 0 Å². The highest BCUT2D eigenvalue weighted by molar-refractivity contribution is 5.27. The Labute approximate surface area is 134 Å². The summed E-state index contributed by atoms with van der Waals surface area (Å²) in [5, 5.41) is 0. The first-order valence-corrected chi connectivity index (χ1v) is 8.90. The van der Waals surface area contributed by atoms with E-state index >= 15 is 0 Å². The van der Waals surface area contributed by atoms with Gasteiger partial charge in [0, 0.05) is 44.8 Å². The minimum absolute atomic E-state index is 0.692. The summed E-state index contributed by atoms with van der Waals surface area (Å²) in [6.07, 6.45) is 3.97. The number of hydrogen-bond donors (Lipinski definition) is 0. The number of methoxy groups -OCH3 is 1. The largest absolute Gasteiger partial charge is 0.385 e. The van der Waals surface area contributed by atoms with Crippen LogP contribution in [0.25, 0.3) is 0 Å². The maximum absolute atomic E-state index is 5.27. The SMILES string of the molecule is COCCCN1C[C@H](c2ccccc2)[C@@H]2[C@H]1C1CCN2CC1. The monoisotopic (exact) mass is 300 g/mol. The van der Waals surface area contributed by atoms with Crippen molar-refractivity contribution in [2.45, 2.75) is 37.3 Å². The Morgan fingerprint density at radius 1 is 1.09 bits per heavy atom. The van der Waals surface area contributed by atoms with Gasteiger partial charge in [0.05, 0.1) is 0 Å². The molecule has 5 rings (SSSR count). The first-order valence-electron chi connectivity index (χ1n) is 8.90. The molecule has 1 aromatic rings. The van der Waals surface area contributed by atoms with E-state index in [1.165, 1.54) is 39.0 Å². The van der Waals surface area contributed by atoms with Gasteiger partial charge in [0.1, 0.15) is 0 Å². The molecule has 4 aliphatic heterocycles. The van der Waals surface area contributed by atoms with Crippen molar-refractivity contribution in [1.29, 1.82) is 0 Å². The van der Waals surface area contributed by atoms with Gasteiger partial charge in [-0.25, -0.2) is 0 Å². The average molecular weight is 300 g/mol. The molecule has 2 bridgehead atoms. The molecule has 120 valence electrons. The molecule has 0 saturated carbocycles. The standard InChI is InChI=1S/C19H28N2O/c1-22-13-5-10-21-14-17(15-6-3-2-4-7-15)19-18(21)16-8-11-20(19)12-9-16/h2-4,6-7,16-19H,5,8-14H2,1H3/t17-,18-,19-/m1/s1. The summed E-state index contributed by atoms with van der Waals surface area (Å²) in [6, 6.07) is 12.7. The molecule has 3 heteroatoms. The molecule has 22 heavy (non-hydrogen) atoms. The number of hydrogen-bond acceptors (Lipinski definition) is 3. The van der Waals surface area contributed by atoms with Gasteiger partial charge in [-0.05, 0) is 43.8 Å². The van der Waals surface area contributed by atoms with E-state index in [2.05, 4.69) is 40.1 Å². The Morgan fingerprint density at radius 3 is 2.59 bits per heavy atom. The van der Waals surface area contributed by atoms with Crippen LogP contribution in [0.15, 0.2) is 30.3 Å². The van der Waals surface area contributed by atoms with E-state index in [4.69, 9.17) is 4.74 Å². The third kappa shape index (κ3) is 2.49. The highest BCUT2D eigenvalue weighted by Gasteiger charge is 2.52. The van der Waals surface area contributed by atoms with Crippen molar-refractivity contribution in [3.05, 3.63) is 35.9 Å². The number of piperidine rings is 3. The molecule has 4 heterocycles. The van der Waals surface area contributed by atoms with Crippen molar-refractivity contribution in [2.75, 3.05) is 39.9 Å². The average Bonchev–Trinajstić information content (AvgIpc) is 2.99. The summed E-state index contributed by atoms with van der Waals surface area (Å²) in [4.78, 5) is 5.58. The predicted molar refractivity (Wildman–Crippen MR) is 89.1 cm³/mol. The van der Waals surface area contributed by atoms with Crippen LogP contribution in [0.5, 0.6) is 0 Å².